The Morgan fingerprint density at radius 3 is 2.94 bits per heavy atom. The van der Waals surface area contributed by atoms with Crippen molar-refractivity contribution in [2.75, 3.05) is 12.8 Å². The summed E-state index contributed by atoms with van der Waals surface area (Å²) in [6.07, 6.45) is 2.16. The first-order chi connectivity index (χ1) is 7.72. The molecule has 0 aliphatic heterocycles. The van der Waals surface area contributed by atoms with Gasteiger partial charge in [-0.05, 0) is 25.8 Å². The highest BCUT2D eigenvalue weighted by Gasteiger charge is 2.29. The summed E-state index contributed by atoms with van der Waals surface area (Å²) < 4.78 is 1.97. The van der Waals surface area contributed by atoms with Gasteiger partial charge in [-0.2, -0.15) is 0 Å². The number of thioether (sulfide) groups is 1. The fourth-order valence-corrected chi connectivity index (χ4v) is 2.55. The molecule has 0 bridgehead atoms. The summed E-state index contributed by atoms with van der Waals surface area (Å²) in [7, 11) is 3.84. The van der Waals surface area contributed by atoms with Crippen molar-refractivity contribution in [3.05, 3.63) is 5.82 Å². The summed E-state index contributed by atoms with van der Waals surface area (Å²) in [4.78, 5) is 0. The van der Waals surface area contributed by atoms with Crippen molar-refractivity contribution < 1.29 is 5.11 Å². The van der Waals surface area contributed by atoms with E-state index >= 15 is 0 Å². The number of aliphatic hydroxyl groups is 1. The van der Waals surface area contributed by atoms with Crippen LogP contribution in [0.5, 0.6) is 0 Å². The molecule has 0 radical (unpaired) electrons. The van der Waals surface area contributed by atoms with Gasteiger partial charge < -0.3 is 15.0 Å². The van der Waals surface area contributed by atoms with Crippen LogP contribution in [0.15, 0.2) is 5.16 Å². The smallest absolute Gasteiger partial charge is 0.191 e. The number of rotatable bonds is 6. The van der Waals surface area contributed by atoms with Crippen molar-refractivity contribution in [1.82, 2.24) is 20.1 Å². The molecule has 1 aliphatic rings. The van der Waals surface area contributed by atoms with Crippen molar-refractivity contribution in [3.8, 4) is 0 Å². The molecule has 1 aliphatic carbocycles. The van der Waals surface area contributed by atoms with E-state index in [4.69, 9.17) is 0 Å². The molecule has 6 heteroatoms. The SMILES string of the molecule is CNCc1nnc(SC[C@H](O)C2CC2)n1C. The van der Waals surface area contributed by atoms with Gasteiger partial charge in [0.05, 0.1) is 12.6 Å². The van der Waals surface area contributed by atoms with Gasteiger partial charge in [0, 0.05) is 12.8 Å². The topological polar surface area (TPSA) is 63.0 Å². The highest BCUT2D eigenvalue weighted by molar-refractivity contribution is 7.99. The highest BCUT2D eigenvalue weighted by Crippen LogP contribution is 2.34. The molecule has 16 heavy (non-hydrogen) atoms. The first-order valence-electron chi connectivity index (χ1n) is 5.56. The first-order valence-corrected chi connectivity index (χ1v) is 6.54. The molecular formula is C10H18N4OS. The van der Waals surface area contributed by atoms with Crippen LogP contribution in [0.2, 0.25) is 0 Å². The predicted molar refractivity (Wildman–Crippen MR) is 63.2 cm³/mol. The second-order valence-electron chi connectivity index (χ2n) is 4.20. The van der Waals surface area contributed by atoms with E-state index in [9.17, 15) is 5.11 Å². The molecule has 0 spiro atoms. The number of aliphatic hydroxyl groups excluding tert-OH is 1. The molecule has 1 aromatic heterocycles. The lowest BCUT2D eigenvalue weighted by molar-refractivity contribution is 0.176. The van der Waals surface area contributed by atoms with Crippen molar-refractivity contribution in [2.24, 2.45) is 13.0 Å². The number of hydrogen-bond donors (Lipinski definition) is 2. The largest absolute Gasteiger partial charge is 0.392 e. The van der Waals surface area contributed by atoms with Crippen molar-refractivity contribution in [1.29, 1.82) is 0 Å². The molecule has 1 fully saturated rings. The number of nitrogens with zero attached hydrogens (tertiary/aromatic N) is 3. The van der Waals surface area contributed by atoms with Crippen LogP contribution in [0, 0.1) is 5.92 Å². The minimum Gasteiger partial charge on any atom is -0.392 e. The van der Waals surface area contributed by atoms with Crippen LogP contribution in [0.3, 0.4) is 0 Å². The maximum absolute atomic E-state index is 9.76. The van der Waals surface area contributed by atoms with Crippen LogP contribution in [-0.2, 0) is 13.6 Å². The Morgan fingerprint density at radius 1 is 1.56 bits per heavy atom. The molecule has 5 nitrogen and oxygen atoms in total. The lowest BCUT2D eigenvalue weighted by Crippen LogP contribution is -2.13. The number of hydrogen-bond acceptors (Lipinski definition) is 5. The Kier molecular flexibility index (Phi) is 3.83. The van der Waals surface area contributed by atoms with Gasteiger partial charge >= 0.3 is 0 Å². The standard InChI is InChI=1S/C10H18N4OS/c1-11-5-9-12-13-10(14(9)2)16-6-8(15)7-3-4-7/h7-8,11,15H,3-6H2,1-2H3/t8-/m0/s1. The van der Waals surface area contributed by atoms with Gasteiger partial charge in [0.25, 0.3) is 0 Å². The third-order valence-corrected chi connectivity index (χ3v) is 3.93. The van der Waals surface area contributed by atoms with Crippen LogP contribution >= 0.6 is 11.8 Å². The van der Waals surface area contributed by atoms with E-state index < -0.39 is 0 Å². The van der Waals surface area contributed by atoms with Gasteiger partial charge in [0.1, 0.15) is 5.82 Å². The average molecular weight is 242 g/mol. The quantitative estimate of drug-likeness (QED) is 0.707. The number of aromatic nitrogens is 3. The van der Waals surface area contributed by atoms with Crippen LogP contribution in [0.1, 0.15) is 18.7 Å². The molecule has 0 unspecified atom stereocenters. The Labute approximate surface area is 99.6 Å². The van der Waals surface area contributed by atoms with E-state index in [1.54, 1.807) is 11.8 Å². The van der Waals surface area contributed by atoms with E-state index in [1.165, 1.54) is 12.8 Å². The zero-order valence-corrected chi connectivity index (χ0v) is 10.5. The summed E-state index contributed by atoms with van der Waals surface area (Å²) >= 11 is 1.58. The average Bonchev–Trinajstić information content (AvgIpc) is 3.05. The van der Waals surface area contributed by atoms with Gasteiger partial charge in [0.15, 0.2) is 5.16 Å². The monoisotopic (exact) mass is 242 g/mol. The minimum atomic E-state index is -0.186. The van der Waals surface area contributed by atoms with Crippen molar-refractivity contribution >= 4 is 11.8 Å². The van der Waals surface area contributed by atoms with Gasteiger partial charge in [0.2, 0.25) is 0 Å². The lowest BCUT2D eigenvalue weighted by Gasteiger charge is -2.08. The third kappa shape index (κ3) is 2.75. The maximum Gasteiger partial charge on any atom is 0.191 e. The Balaban J connectivity index is 1.88. The van der Waals surface area contributed by atoms with Crippen LogP contribution in [0.25, 0.3) is 0 Å². The van der Waals surface area contributed by atoms with Gasteiger partial charge in [-0.3, -0.25) is 0 Å². The summed E-state index contributed by atoms with van der Waals surface area (Å²) in [5.41, 5.74) is 0. The van der Waals surface area contributed by atoms with E-state index in [1.807, 2.05) is 18.7 Å². The predicted octanol–water partition coefficient (Wildman–Crippen LogP) is 0.397. The normalized spacial score (nSPS) is 17.7. The fraction of sp³-hybridized carbons (Fsp3) is 0.800. The van der Waals surface area contributed by atoms with Gasteiger partial charge in [-0.1, -0.05) is 11.8 Å². The zero-order chi connectivity index (χ0) is 11.5. The van der Waals surface area contributed by atoms with Crippen molar-refractivity contribution in [2.45, 2.75) is 30.6 Å². The molecule has 2 N–H and O–H groups in total. The first kappa shape index (κ1) is 11.9. The summed E-state index contributed by atoms with van der Waals surface area (Å²) in [6, 6.07) is 0. The molecule has 0 aromatic carbocycles. The Morgan fingerprint density at radius 2 is 2.31 bits per heavy atom. The van der Waals surface area contributed by atoms with Gasteiger partial charge in [-0.25, -0.2) is 0 Å². The van der Waals surface area contributed by atoms with Gasteiger partial charge in [-0.15, -0.1) is 10.2 Å². The summed E-state index contributed by atoms with van der Waals surface area (Å²) in [5, 5.41) is 21.9. The molecule has 1 aromatic rings. The zero-order valence-electron chi connectivity index (χ0n) is 9.68. The number of nitrogens with one attached hydrogen (secondary N) is 1. The van der Waals surface area contributed by atoms with Crippen LogP contribution in [-0.4, -0.2) is 38.8 Å². The van der Waals surface area contributed by atoms with Crippen molar-refractivity contribution in [3.63, 3.8) is 0 Å². The van der Waals surface area contributed by atoms with E-state index in [0.29, 0.717) is 5.92 Å². The fourth-order valence-electron chi connectivity index (χ4n) is 1.56. The minimum absolute atomic E-state index is 0.186. The molecule has 1 saturated carbocycles. The summed E-state index contributed by atoms with van der Waals surface area (Å²) in [5.74, 6) is 2.17. The second-order valence-corrected chi connectivity index (χ2v) is 5.19. The lowest BCUT2D eigenvalue weighted by atomic mass is 10.3. The third-order valence-electron chi connectivity index (χ3n) is 2.81. The Hall–Kier alpha value is -0.590. The van der Waals surface area contributed by atoms with E-state index in [0.717, 1.165) is 23.3 Å². The Bertz CT molecular complexity index is 351. The van der Waals surface area contributed by atoms with Crippen LogP contribution in [0.4, 0.5) is 0 Å². The molecule has 90 valence electrons. The molecule has 0 saturated heterocycles. The molecule has 1 heterocycles. The second kappa shape index (κ2) is 5.16. The van der Waals surface area contributed by atoms with E-state index in [2.05, 4.69) is 15.5 Å². The highest BCUT2D eigenvalue weighted by atomic mass is 32.2. The van der Waals surface area contributed by atoms with E-state index in [-0.39, 0.29) is 6.10 Å². The maximum atomic E-state index is 9.76. The molecular weight excluding hydrogens is 224 g/mol. The van der Waals surface area contributed by atoms with Crippen LogP contribution < -0.4 is 5.32 Å². The molecule has 2 rings (SSSR count). The summed E-state index contributed by atoms with van der Waals surface area (Å²) in [6.45, 7) is 0.717. The molecule has 1 atom stereocenters. The molecule has 0 amide bonds.